The van der Waals surface area contributed by atoms with Gasteiger partial charge in [0.05, 0.1) is 0 Å². The molecule has 0 atom stereocenters. The van der Waals surface area contributed by atoms with Crippen LogP contribution in [0.3, 0.4) is 0 Å². The Bertz CT molecular complexity index is 880. The number of halogens is 7. The van der Waals surface area contributed by atoms with E-state index < -0.39 is 47.1 Å². The molecule has 0 aromatic heterocycles. The standard InChI is InChI=1S/C10H7F7O5S3/c1-23-5-2-3-7(6(11)4-5)24(18,19)9(14,15)8(12,13)10(16,17)25(20,21)22/h2-4H,1H3,(H,20,21,22). The van der Waals surface area contributed by atoms with Crippen LogP contribution in [-0.2, 0) is 20.0 Å². The Morgan fingerprint density at radius 3 is 1.80 bits per heavy atom. The van der Waals surface area contributed by atoms with Gasteiger partial charge in [0.25, 0.3) is 9.84 Å². The number of alkyl halides is 6. The molecule has 0 unspecified atom stereocenters. The average molecular weight is 436 g/mol. The van der Waals surface area contributed by atoms with Crippen LogP contribution in [-0.4, -0.2) is 44.1 Å². The molecular formula is C10H7F7O5S3. The number of thioether (sulfide) groups is 1. The summed E-state index contributed by atoms with van der Waals surface area (Å²) in [6, 6.07) is 1.23. The molecule has 0 saturated heterocycles. The summed E-state index contributed by atoms with van der Waals surface area (Å²) in [5.74, 6) is -9.06. The van der Waals surface area contributed by atoms with Gasteiger partial charge in [0.2, 0.25) is 0 Å². The molecule has 15 heteroatoms. The minimum absolute atomic E-state index is 0.00482. The molecule has 0 radical (unpaired) electrons. The van der Waals surface area contributed by atoms with Crippen LogP contribution < -0.4 is 0 Å². The first-order valence-corrected chi connectivity index (χ1v) is 9.78. The quantitative estimate of drug-likeness (QED) is 0.419. The second-order valence-corrected chi connectivity index (χ2v) is 8.68. The summed E-state index contributed by atoms with van der Waals surface area (Å²) < 4.78 is 146. The molecular weight excluding hydrogens is 429 g/mol. The predicted octanol–water partition coefficient (Wildman–Crippen LogP) is 3.03. The lowest BCUT2D eigenvalue weighted by Crippen LogP contribution is -2.60. The molecule has 0 saturated carbocycles. The molecule has 0 amide bonds. The lowest BCUT2D eigenvalue weighted by atomic mass is 10.3. The van der Waals surface area contributed by atoms with E-state index in [1.807, 2.05) is 0 Å². The second-order valence-electron chi connectivity index (χ2n) is 4.38. The van der Waals surface area contributed by atoms with E-state index in [2.05, 4.69) is 0 Å². The van der Waals surface area contributed by atoms with Gasteiger partial charge in [0.15, 0.2) is 0 Å². The maximum Gasteiger partial charge on any atom is 0.439 e. The van der Waals surface area contributed by atoms with E-state index in [1.54, 1.807) is 0 Å². The van der Waals surface area contributed by atoms with Crippen LogP contribution in [0.4, 0.5) is 30.7 Å². The zero-order valence-corrected chi connectivity index (χ0v) is 14.1. The van der Waals surface area contributed by atoms with Gasteiger partial charge in [-0.3, -0.25) is 4.55 Å². The van der Waals surface area contributed by atoms with Crippen molar-refractivity contribution in [2.75, 3.05) is 6.26 Å². The predicted molar refractivity (Wildman–Crippen MR) is 71.8 cm³/mol. The van der Waals surface area contributed by atoms with Gasteiger partial charge in [-0.2, -0.15) is 34.8 Å². The monoisotopic (exact) mass is 436 g/mol. The summed E-state index contributed by atoms with van der Waals surface area (Å²) in [7, 11) is -13.9. The van der Waals surface area contributed by atoms with Crippen molar-refractivity contribution in [1.29, 1.82) is 0 Å². The van der Waals surface area contributed by atoms with Crippen LogP contribution in [0, 0.1) is 5.82 Å². The Labute approximate surface area is 140 Å². The van der Waals surface area contributed by atoms with E-state index in [9.17, 15) is 47.6 Å². The summed E-state index contributed by atoms with van der Waals surface area (Å²) in [6.07, 6.45) is 1.37. The minimum atomic E-state index is -7.13. The highest BCUT2D eigenvalue weighted by Gasteiger charge is 2.82. The van der Waals surface area contributed by atoms with E-state index in [0.717, 1.165) is 17.8 Å². The molecule has 0 spiro atoms. The summed E-state index contributed by atoms with van der Waals surface area (Å²) in [4.78, 5) is -2.06. The van der Waals surface area contributed by atoms with E-state index in [1.165, 1.54) is 6.26 Å². The Morgan fingerprint density at radius 2 is 1.44 bits per heavy atom. The van der Waals surface area contributed by atoms with E-state index in [-0.39, 0.29) is 11.0 Å². The molecule has 0 bridgehead atoms. The molecule has 25 heavy (non-hydrogen) atoms. The minimum Gasteiger partial charge on any atom is -0.281 e. The lowest BCUT2D eigenvalue weighted by molar-refractivity contribution is -0.245. The first-order chi connectivity index (χ1) is 10.9. The molecule has 0 aliphatic rings. The van der Waals surface area contributed by atoms with Crippen molar-refractivity contribution in [3.63, 3.8) is 0 Å². The zero-order valence-electron chi connectivity index (χ0n) is 11.7. The Hall–Kier alpha value is -1.06. The molecule has 144 valence electrons. The fourth-order valence-electron chi connectivity index (χ4n) is 1.46. The van der Waals surface area contributed by atoms with Crippen molar-refractivity contribution in [1.82, 2.24) is 0 Å². The van der Waals surface area contributed by atoms with Gasteiger partial charge in [-0.15, -0.1) is 11.8 Å². The third-order valence-corrected chi connectivity index (χ3v) is 6.29. The largest absolute Gasteiger partial charge is 0.439 e. The number of hydrogen-bond donors (Lipinski definition) is 1. The van der Waals surface area contributed by atoms with Crippen molar-refractivity contribution in [3.8, 4) is 0 Å². The van der Waals surface area contributed by atoms with Crippen LogP contribution in [0.25, 0.3) is 0 Å². The number of rotatable bonds is 6. The van der Waals surface area contributed by atoms with E-state index in [0.29, 0.717) is 6.07 Å². The smallest absolute Gasteiger partial charge is 0.281 e. The first kappa shape index (κ1) is 22.0. The highest BCUT2D eigenvalue weighted by molar-refractivity contribution is 7.98. The molecule has 0 aliphatic heterocycles. The highest BCUT2D eigenvalue weighted by atomic mass is 32.2. The van der Waals surface area contributed by atoms with Crippen molar-refractivity contribution >= 4 is 31.7 Å². The molecule has 1 N–H and O–H groups in total. The summed E-state index contributed by atoms with van der Waals surface area (Å²) >= 11 is 0.820. The van der Waals surface area contributed by atoms with Crippen LogP contribution in [0.5, 0.6) is 0 Å². The third-order valence-electron chi connectivity index (χ3n) is 2.82. The van der Waals surface area contributed by atoms with Gasteiger partial charge in [-0.25, -0.2) is 12.8 Å². The highest BCUT2D eigenvalue weighted by Crippen LogP contribution is 2.52. The second kappa shape index (κ2) is 6.28. The first-order valence-electron chi connectivity index (χ1n) is 5.63. The van der Waals surface area contributed by atoms with Gasteiger partial charge in [0.1, 0.15) is 10.7 Å². The molecule has 1 aromatic rings. The average Bonchev–Trinajstić information content (AvgIpc) is 2.44. The van der Waals surface area contributed by atoms with Crippen molar-refractivity contribution in [3.05, 3.63) is 24.0 Å². The summed E-state index contributed by atoms with van der Waals surface area (Å²) in [5.41, 5.74) is 0. The Morgan fingerprint density at radius 1 is 0.960 bits per heavy atom. The summed E-state index contributed by atoms with van der Waals surface area (Å²) in [5, 5.41) is -13.6. The van der Waals surface area contributed by atoms with Crippen LogP contribution in [0.2, 0.25) is 0 Å². The summed E-state index contributed by atoms with van der Waals surface area (Å²) in [6.45, 7) is 0. The Balaban J connectivity index is 3.66. The van der Waals surface area contributed by atoms with Gasteiger partial charge >= 0.3 is 26.5 Å². The maximum absolute atomic E-state index is 13.7. The molecule has 0 fully saturated rings. The third kappa shape index (κ3) is 3.21. The van der Waals surface area contributed by atoms with E-state index in [4.69, 9.17) is 4.55 Å². The van der Waals surface area contributed by atoms with E-state index >= 15 is 0 Å². The number of benzene rings is 1. The zero-order chi connectivity index (χ0) is 20.1. The van der Waals surface area contributed by atoms with Gasteiger partial charge in [0, 0.05) is 4.90 Å². The van der Waals surface area contributed by atoms with Gasteiger partial charge in [-0.05, 0) is 24.5 Å². The molecule has 1 aromatic carbocycles. The van der Waals surface area contributed by atoms with Gasteiger partial charge < -0.3 is 0 Å². The lowest BCUT2D eigenvalue weighted by Gasteiger charge is -2.30. The van der Waals surface area contributed by atoms with Crippen molar-refractivity contribution < 1.29 is 52.1 Å². The topological polar surface area (TPSA) is 88.5 Å². The maximum atomic E-state index is 13.7. The molecule has 0 heterocycles. The molecule has 0 aliphatic carbocycles. The fraction of sp³-hybridized carbons (Fsp3) is 0.400. The van der Waals surface area contributed by atoms with Crippen LogP contribution in [0.1, 0.15) is 0 Å². The number of hydrogen-bond acceptors (Lipinski definition) is 5. The van der Waals surface area contributed by atoms with Crippen molar-refractivity contribution in [2.24, 2.45) is 0 Å². The van der Waals surface area contributed by atoms with Crippen LogP contribution >= 0.6 is 11.8 Å². The van der Waals surface area contributed by atoms with Crippen molar-refractivity contribution in [2.45, 2.75) is 26.2 Å². The van der Waals surface area contributed by atoms with Crippen LogP contribution in [0.15, 0.2) is 28.0 Å². The fourth-order valence-corrected chi connectivity index (χ4v) is 3.71. The molecule has 5 nitrogen and oxygen atoms in total. The molecule has 1 rings (SSSR count). The SMILES string of the molecule is CSc1ccc(S(=O)(=O)C(F)(F)C(F)(F)C(F)(F)S(=O)(=O)O)c(F)c1. The normalized spacial score (nSPS) is 14.6. The van der Waals surface area contributed by atoms with Gasteiger partial charge in [-0.1, -0.05) is 0 Å². The number of sulfone groups is 1. The Kier molecular flexibility index (Phi) is 5.52.